The van der Waals surface area contributed by atoms with Gasteiger partial charge in [-0.1, -0.05) is 0 Å². The predicted octanol–water partition coefficient (Wildman–Crippen LogP) is 3.31. The van der Waals surface area contributed by atoms with Gasteiger partial charge in [-0.05, 0) is 76.6 Å². The van der Waals surface area contributed by atoms with Gasteiger partial charge in [0, 0.05) is 24.3 Å². The lowest BCUT2D eigenvalue weighted by Gasteiger charge is -2.42. The first-order chi connectivity index (χ1) is 13.2. The number of nitrogens with one attached hydrogen (secondary N) is 2. The monoisotopic (exact) mass is 389 g/mol. The van der Waals surface area contributed by atoms with E-state index in [1.807, 2.05) is 45.0 Å². The van der Waals surface area contributed by atoms with E-state index in [0.717, 1.165) is 25.1 Å². The van der Waals surface area contributed by atoms with Gasteiger partial charge < -0.3 is 20.5 Å². The summed E-state index contributed by atoms with van der Waals surface area (Å²) in [6.45, 7) is 6.91. The van der Waals surface area contributed by atoms with E-state index >= 15 is 0 Å². The molecule has 2 aliphatic carbocycles. The van der Waals surface area contributed by atoms with Crippen molar-refractivity contribution in [2.75, 3.05) is 18.4 Å². The van der Waals surface area contributed by atoms with Crippen LogP contribution in [0.5, 0.6) is 5.75 Å². The van der Waals surface area contributed by atoms with Crippen molar-refractivity contribution < 1.29 is 19.4 Å². The van der Waals surface area contributed by atoms with Crippen LogP contribution in [0.15, 0.2) is 24.3 Å². The van der Waals surface area contributed by atoms with Crippen LogP contribution in [0.2, 0.25) is 0 Å². The Labute approximate surface area is 166 Å². The molecule has 2 amide bonds. The van der Waals surface area contributed by atoms with Crippen molar-refractivity contribution in [1.29, 1.82) is 0 Å². The summed E-state index contributed by atoms with van der Waals surface area (Å²) < 4.78 is 5.77. The minimum atomic E-state index is -0.784. The number of hydrogen-bond acceptors (Lipinski definition) is 4. The van der Waals surface area contributed by atoms with Crippen LogP contribution < -0.4 is 15.4 Å². The van der Waals surface area contributed by atoms with Crippen molar-refractivity contribution in [3.05, 3.63) is 24.3 Å². The maximum Gasteiger partial charge on any atom is 0.319 e. The largest absolute Gasteiger partial charge is 0.488 e. The van der Waals surface area contributed by atoms with Gasteiger partial charge in [0.15, 0.2) is 0 Å². The van der Waals surface area contributed by atoms with Crippen molar-refractivity contribution in [2.45, 2.75) is 64.1 Å². The third-order valence-corrected chi connectivity index (χ3v) is 5.03. The van der Waals surface area contributed by atoms with E-state index in [0.29, 0.717) is 11.6 Å². The number of aliphatic carboxylic acids is 1. The predicted molar refractivity (Wildman–Crippen MR) is 108 cm³/mol. The van der Waals surface area contributed by atoms with Crippen molar-refractivity contribution in [3.63, 3.8) is 0 Å². The smallest absolute Gasteiger partial charge is 0.319 e. The number of amides is 2. The Balaban J connectivity index is 1.41. The van der Waals surface area contributed by atoms with E-state index in [1.165, 1.54) is 12.8 Å². The van der Waals surface area contributed by atoms with E-state index < -0.39 is 5.97 Å². The molecule has 1 aromatic rings. The van der Waals surface area contributed by atoms with Gasteiger partial charge in [0.25, 0.3) is 0 Å². The third-order valence-electron chi connectivity index (χ3n) is 5.03. The zero-order valence-corrected chi connectivity index (χ0v) is 16.9. The van der Waals surface area contributed by atoms with Crippen LogP contribution >= 0.6 is 0 Å². The molecule has 0 spiro atoms. The average molecular weight is 389 g/mol. The Morgan fingerprint density at radius 3 is 2.36 bits per heavy atom. The number of anilines is 1. The van der Waals surface area contributed by atoms with E-state index in [9.17, 15) is 9.59 Å². The molecule has 0 bridgehead atoms. The molecule has 3 N–H and O–H groups in total. The van der Waals surface area contributed by atoms with Crippen molar-refractivity contribution >= 4 is 17.7 Å². The fraction of sp³-hybridized carbons (Fsp3) is 0.619. The highest BCUT2D eigenvalue weighted by molar-refractivity contribution is 5.89. The van der Waals surface area contributed by atoms with Gasteiger partial charge in [-0.3, -0.25) is 9.69 Å². The number of nitrogens with zero attached hydrogens (tertiary/aromatic N) is 1. The summed E-state index contributed by atoms with van der Waals surface area (Å²) in [4.78, 5) is 25.4. The number of ether oxygens (including phenoxy) is 1. The third kappa shape index (κ3) is 6.41. The number of rotatable bonds is 8. The summed E-state index contributed by atoms with van der Waals surface area (Å²) in [5.41, 5.74) is 0.442. The Kier molecular flexibility index (Phi) is 6.13. The van der Waals surface area contributed by atoms with Crippen LogP contribution in [0.1, 0.15) is 46.5 Å². The molecule has 0 aliphatic heterocycles. The number of benzene rings is 1. The zero-order valence-electron chi connectivity index (χ0n) is 16.9. The highest BCUT2D eigenvalue weighted by Gasteiger charge is 2.37. The highest BCUT2D eigenvalue weighted by atomic mass is 16.5. The number of carbonyl (C=O) groups is 2. The molecule has 3 rings (SSSR count). The number of urea groups is 1. The maximum atomic E-state index is 12.2. The van der Waals surface area contributed by atoms with Gasteiger partial charge in [-0.15, -0.1) is 0 Å². The van der Waals surface area contributed by atoms with Crippen molar-refractivity contribution in [3.8, 4) is 5.75 Å². The van der Waals surface area contributed by atoms with Gasteiger partial charge in [0.1, 0.15) is 11.4 Å². The number of carboxylic acid groups (broad SMARTS) is 1. The molecule has 0 unspecified atom stereocenters. The molecule has 2 aliphatic rings. The van der Waals surface area contributed by atoms with Gasteiger partial charge in [0.05, 0.1) is 6.54 Å². The molecule has 0 atom stereocenters. The Morgan fingerprint density at radius 2 is 1.82 bits per heavy atom. The molecule has 0 aromatic heterocycles. The lowest BCUT2D eigenvalue weighted by molar-refractivity contribution is -0.139. The summed E-state index contributed by atoms with van der Waals surface area (Å²) >= 11 is 0. The van der Waals surface area contributed by atoms with Gasteiger partial charge in [-0.25, -0.2) is 4.79 Å². The van der Waals surface area contributed by atoms with E-state index in [2.05, 4.69) is 15.5 Å². The van der Waals surface area contributed by atoms with Gasteiger partial charge in [-0.2, -0.15) is 0 Å². The molecule has 0 heterocycles. The summed E-state index contributed by atoms with van der Waals surface area (Å²) in [7, 11) is 0. The molecule has 1 aromatic carbocycles. The standard InChI is InChI=1S/C21H31N3O4/c1-21(2,3)28-18-8-6-15(7-9-18)22-20(27)23-16-10-17(11-16)24(13-19(25)26)12-14-4-5-14/h6-9,14,16-17H,4-5,10-13H2,1-3H3,(H,25,26)(H2,22,23,27). The van der Waals surface area contributed by atoms with Crippen LogP contribution in [0.25, 0.3) is 0 Å². The molecule has 0 radical (unpaired) electrons. The average Bonchev–Trinajstić information content (AvgIpc) is 3.34. The molecule has 154 valence electrons. The van der Waals surface area contributed by atoms with Crippen LogP contribution in [0.4, 0.5) is 10.5 Å². The normalized spacial score (nSPS) is 21.7. The second-order valence-corrected chi connectivity index (χ2v) is 8.93. The van der Waals surface area contributed by atoms with Crippen molar-refractivity contribution in [2.24, 2.45) is 5.92 Å². The molecular weight excluding hydrogens is 358 g/mol. The lowest BCUT2D eigenvalue weighted by atomic mass is 9.85. The summed E-state index contributed by atoms with van der Waals surface area (Å²) in [6.07, 6.45) is 4.00. The molecule has 2 saturated carbocycles. The number of hydrogen-bond donors (Lipinski definition) is 3. The first kappa shape index (κ1) is 20.5. The molecule has 0 saturated heterocycles. The topological polar surface area (TPSA) is 90.9 Å². The molecule has 28 heavy (non-hydrogen) atoms. The Hall–Kier alpha value is -2.28. The minimum absolute atomic E-state index is 0.0864. The second kappa shape index (κ2) is 8.39. The molecule has 7 heteroatoms. The molecule has 7 nitrogen and oxygen atoms in total. The molecular formula is C21H31N3O4. The fourth-order valence-electron chi connectivity index (χ4n) is 3.46. The first-order valence-corrected chi connectivity index (χ1v) is 10.0. The van der Waals surface area contributed by atoms with Crippen LogP contribution in [0.3, 0.4) is 0 Å². The van der Waals surface area contributed by atoms with Crippen LogP contribution in [0, 0.1) is 5.92 Å². The maximum absolute atomic E-state index is 12.2. The SMILES string of the molecule is CC(C)(C)Oc1ccc(NC(=O)NC2CC(N(CC(=O)O)CC3CC3)C2)cc1. The van der Waals surface area contributed by atoms with Crippen LogP contribution in [-0.2, 0) is 4.79 Å². The summed E-state index contributed by atoms with van der Waals surface area (Å²) in [5.74, 6) is 0.628. The first-order valence-electron chi connectivity index (χ1n) is 10.0. The van der Waals surface area contributed by atoms with Gasteiger partial charge in [0.2, 0.25) is 0 Å². The van der Waals surface area contributed by atoms with E-state index in [4.69, 9.17) is 9.84 Å². The summed E-state index contributed by atoms with van der Waals surface area (Å²) in [6, 6.07) is 7.40. The molecule has 2 fully saturated rings. The number of carbonyl (C=O) groups excluding carboxylic acids is 1. The second-order valence-electron chi connectivity index (χ2n) is 8.93. The lowest BCUT2D eigenvalue weighted by Crippen LogP contribution is -2.55. The van der Waals surface area contributed by atoms with Crippen molar-refractivity contribution in [1.82, 2.24) is 10.2 Å². The van der Waals surface area contributed by atoms with E-state index in [-0.39, 0.29) is 30.3 Å². The fourth-order valence-corrected chi connectivity index (χ4v) is 3.46. The highest BCUT2D eigenvalue weighted by Crippen LogP contribution is 2.33. The van der Waals surface area contributed by atoms with Gasteiger partial charge >= 0.3 is 12.0 Å². The quantitative estimate of drug-likeness (QED) is 0.634. The minimum Gasteiger partial charge on any atom is -0.488 e. The Morgan fingerprint density at radius 1 is 1.18 bits per heavy atom. The Bertz CT molecular complexity index is 689. The van der Waals surface area contributed by atoms with Crippen LogP contribution in [-0.4, -0.2) is 52.8 Å². The zero-order chi connectivity index (χ0) is 20.3. The summed E-state index contributed by atoms with van der Waals surface area (Å²) in [5, 5.41) is 14.9. The number of carboxylic acids is 1. The van der Waals surface area contributed by atoms with E-state index in [1.54, 1.807) is 0 Å².